The van der Waals surface area contributed by atoms with Crippen molar-refractivity contribution in [1.82, 2.24) is 14.6 Å². The summed E-state index contributed by atoms with van der Waals surface area (Å²) in [5, 5.41) is 11.8. The molecule has 0 atom stereocenters. The third kappa shape index (κ3) is 2.03. The summed E-state index contributed by atoms with van der Waals surface area (Å²) < 4.78 is 38.0. The average molecular weight is 266 g/mol. The largest absolute Gasteiger partial charge is 0.476 e. The molecule has 5 nitrogen and oxygen atoms in total. The second-order valence-corrected chi connectivity index (χ2v) is 3.45. The normalized spacial score (nSPS) is 12.0. The lowest BCUT2D eigenvalue weighted by molar-refractivity contribution is -0.141. The number of carboxylic acids is 1. The number of carbonyl (C=O) groups is 1. The van der Waals surface area contributed by atoms with Crippen molar-refractivity contribution in [1.29, 1.82) is 0 Å². The van der Waals surface area contributed by atoms with Crippen LogP contribution in [0.4, 0.5) is 13.2 Å². The van der Waals surface area contributed by atoms with E-state index in [1.54, 1.807) is 0 Å². The molecule has 2 aromatic rings. The lowest BCUT2D eigenvalue weighted by atomic mass is 10.4. The quantitative estimate of drug-likeness (QED) is 0.802. The highest BCUT2D eigenvalue weighted by Crippen LogP contribution is 2.29. The van der Waals surface area contributed by atoms with Crippen LogP contribution in [-0.4, -0.2) is 25.7 Å². The Morgan fingerprint density at radius 3 is 2.59 bits per heavy atom. The van der Waals surface area contributed by atoms with Gasteiger partial charge in [-0.1, -0.05) is 11.6 Å². The summed E-state index contributed by atoms with van der Waals surface area (Å²) in [7, 11) is 0. The van der Waals surface area contributed by atoms with Gasteiger partial charge in [0.2, 0.25) is 0 Å². The molecule has 17 heavy (non-hydrogen) atoms. The zero-order valence-electron chi connectivity index (χ0n) is 7.86. The highest BCUT2D eigenvalue weighted by molar-refractivity contribution is 6.29. The number of carboxylic acid groups (broad SMARTS) is 1. The van der Waals surface area contributed by atoms with E-state index in [2.05, 4.69) is 10.1 Å². The molecule has 0 saturated heterocycles. The number of hydrogen-bond donors (Lipinski definition) is 1. The summed E-state index contributed by atoms with van der Waals surface area (Å²) in [5.41, 5.74) is -1.91. The van der Waals surface area contributed by atoms with Crippen LogP contribution in [0.3, 0.4) is 0 Å². The zero-order valence-corrected chi connectivity index (χ0v) is 8.62. The number of nitrogens with zero attached hydrogens (tertiary/aromatic N) is 3. The first-order chi connectivity index (χ1) is 7.79. The summed E-state index contributed by atoms with van der Waals surface area (Å²) in [6.07, 6.45) is -4.65. The third-order valence-electron chi connectivity index (χ3n) is 1.89. The molecule has 2 heterocycles. The topological polar surface area (TPSA) is 67.5 Å². The first kappa shape index (κ1) is 11.6. The molecular formula is C8H3ClF3N3O2. The van der Waals surface area contributed by atoms with Crippen molar-refractivity contribution in [3.05, 3.63) is 28.7 Å². The van der Waals surface area contributed by atoms with Crippen LogP contribution in [-0.2, 0) is 6.18 Å². The Morgan fingerprint density at radius 2 is 2.06 bits per heavy atom. The Labute approximate surface area is 96.4 Å². The van der Waals surface area contributed by atoms with Crippen LogP contribution < -0.4 is 0 Å². The SMILES string of the molecule is O=C(O)c1cc2nc(C(F)(F)F)cc(Cl)n2n1. The van der Waals surface area contributed by atoms with Crippen molar-refractivity contribution in [2.24, 2.45) is 0 Å². The standard InChI is InChI=1S/C8H3ClF3N3O2/c9-5-2-4(8(10,11)12)13-6-1-3(7(16)17)14-15(5)6/h1-2H,(H,16,17). The highest BCUT2D eigenvalue weighted by Gasteiger charge is 2.33. The predicted octanol–water partition coefficient (Wildman–Crippen LogP) is 2.10. The van der Waals surface area contributed by atoms with Gasteiger partial charge in [-0.25, -0.2) is 14.3 Å². The molecule has 2 rings (SSSR count). The smallest absolute Gasteiger partial charge is 0.433 e. The average Bonchev–Trinajstić information content (AvgIpc) is 2.60. The van der Waals surface area contributed by atoms with Crippen LogP contribution in [0.15, 0.2) is 12.1 Å². The number of rotatable bonds is 1. The minimum absolute atomic E-state index is 0.276. The molecule has 0 aromatic carbocycles. The second kappa shape index (κ2) is 3.59. The lowest BCUT2D eigenvalue weighted by Gasteiger charge is -2.06. The van der Waals surface area contributed by atoms with Gasteiger partial charge in [-0.15, -0.1) is 0 Å². The molecule has 0 fully saturated rings. The molecule has 9 heteroatoms. The molecule has 0 saturated carbocycles. The Morgan fingerprint density at radius 1 is 1.41 bits per heavy atom. The number of alkyl halides is 3. The van der Waals surface area contributed by atoms with Crippen LogP contribution in [0.1, 0.15) is 16.2 Å². The van der Waals surface area contributed by atoms with Crippen LogP contribution in [0.2, 0.25) is 5.15 Å². The maximum absolute atomic E-state index is 12.4. The number of aromatic nitrogens is 3. The minimum Gasteiger partial charge on any atom is -0.476 e. The first-order valence-corrected chi connectivity index (χ1v) is 4.53. The molecule has 2 aromatic heterocycles. The van der Waals surface area contributed by atoms with E-state index in [-0.39, 0.29) is 10.8 Å². The molecular weight excluding hydrogens is 263 g/mol. The maximum Gasteiger partial charge on any atom is 0.433 e. The predicted molar refractivity (Wildman–Crippen MR) is 50.0 cm³/mol. The lowest BCUT2D eigenvalue weighted by Crippen LogP contribution is -2.09. The van der Waals surface area contributed by atoms with Gasteiger partial charge in [-0.3, -0.25) is 0 Å². The number of fused-ring (bicyclic) bond motifs is 1. The molecule has 0 radical (unpaired) electrons. The van der Waals surface area contributed by atoms with Gasteiger partial charge in [0, 0.05) is 12.1 Å². The Hall–Kier alpha value is -1.83. The van der Waals surface area contributed by atoms with Crippen LogP contribution >= 0.6 is 11.6 Å². The Balaban J connectivity index is 2.69. The molecule has 0 unspecified atom stereocenters. The van der Waals surface area contributed by atoms with Gasteiger partial charge in [-0.2, -0.15) is 18.3 Å². The second-order valence-electron chi connectivity index (χ2n) is 3.07. The molecule has 0 bridgehead atoms. The summed E-state index contributed by atoms with van der Waals surface area (Å²) >= 11 is 5.55. The van der Waals surface area contributed by atoms with Gasteiger partial charge in [0.25, 0.3) is 0 Å². The van der Waals surface area contributed by atoms with Crippen molar-refractivity contribution in [3.8, 4) is 0 Å². The maximum atomic E-state index is 12.4. The minimum atomic E-state index is -4.65. The van der Waals surface area contributed by atoms with E-state index in [4.69, 9.17) is 16.7 Å². The van der Waals surface area contributed by atoms with E-state index in [9.17, 15) is 18.0 Å². The van der Waals surface area contributed by atoms with E-state index in [1.165, 1.54) is 0 Å². The summed E-state index contributed by atoms with van der Waals surface area (Å²) in [4.78, 5) is 13.8. The molecule has 90 valence electrons. The van der Waals surface area contributed by atoms with Crippen molar-refractivity contribution < 1.29 is 23.1 Å². The van der Waals surface area contributed by atoms with Crippen LogP contribution in [0, 0.1) is 0 Å². The number of halogens is 4. The fourth-order valence-electron chi connectivity index (χ4n) is 1.19. The molecule has 1 N–H and O–H groups in total. The third-order valence-corrected chi connectivity index (χ3v) is 2.16. The highest BCUT2D eigenvalue weighted by atomic mass is 35.5. The molecule has 0 aliphatic rings. The summed E-state index contributed by atoms with van der Waals surface area (Å²) in [6, 6.07) is 1.48. The van der Waals surface area contributed by atoms with Crippen molar-refractivity contribution in [2.45, 2.75) is 6.18 Å². The molecule has 0 amide bonds. The van der Waals surface area contributed by atoms with Gasteiger partial charge < -0.3 is 5.11 Å². The fourth-order valence-corrected chi connectivity index (χ4v) is 1.42. The van der Waals surface area contributed by atoms with Crippen LogP contribution in [0.5, 0.6) is 0 Å². The summed E-state index contributed by atoms with van der Waals surface area (Å²) in [6.45, 7) is 0. The van der Waals surface area contributed by atoms with E-state index in [0.29, 0.717) is 6.07 Å². The van der Waals surface area contributed by atoms with Crippen molar-refractivity contribution in [3.63, 3.8) is 0 Å². The number of hydrogen-bond acceptors (Lipinski definition) is 3. The Kier molecular flexibility index (Phi) is 2.46. The van der Waals surface area contributed by atoms with E-state index >= 15 is 0 Å². The van der Waals surface area contributed by atoms with Gasteiger partial charge in [-0.05, 0) is 0 Å². The Bertz CT molecular complexity index is 608. The zero-order chi connectivity index (χ0) is 12.8. The monoisotopic (exact) mass is 265 g/mol. The van der Waals surface area contributed by atoms with Gasteiger partial charge in [0.1, 0.15) is 10.8 Å². The van der Waals surface area contributed by atoms with Crippen LogP contribution in [0.25, 0.3) is 5.65 Å². The van der Waals surface area contributed by atoms with Gasteiger partial charge in [0.05, 0.1) is 0 Å². The summed E-state index contributed by atoms with van der Waals surface area (Å²) in [5.74, 6) is -1.37. The van der Waals surface area contributed by atoms with E-state index in [1.807, 2.05) is 0 Å². The first-order valence-electron chi connectivity index (χ1n) is 4.16. The molecule has 0 aliphatic carbocycles. The van der Waals surface area contributed by atoms with Crippen molar-refractivity contribution >= 4 is 23.2 Å². The number of aromatic carboxylic acids is 1. The van der Waals surface area contributed by atoms with Crippen molar-refractivity contribution in [2.75, 3.05) is 0 Å². The van der Waals surface area contributed by atoms with E-state index in [0.717, 1.165) is 10.6 Å². The van der Waals surface area contributed by atoms with Gasteiger partial charge in [0.15, 0.2) is 11.3 Å². The fraction of sp³-hybridized carbons (Fsp3) is 0.125. The van der Waals surface area contributed by atoms with E-state index < -0.39 is 23.5 Å². The molecule has 0 spiro atoms. The molecule has 0 aliphatic heterocycles. The van der Waals surface area contributed by atoms with Gasteiger partial charge >= 0.3 is 12.1 Å².